The van der Waals surface area contributed by atoms with E-state index in [-0.39, 0.29) is 39.3 Å². The van der Waals surface area contributed by atoms with Gasteiger partial charge >= 0.3 is 0 Å². The van der Waals surface area contributed by atoms with Gasteiger partial charge in [-0.3, -0.25) is 0 Å². The van der Waals surface area contributed by atoms with Crippen molar-refractivity contribution >= 4 is 0 Å². The first kappa shape index (κ1) is 23.4. The molecule has 8 unspecified atom stereocenters. The second-order valence-corrected chi connectivity index (χ2v) is 15.3. The Balaban J connectivity index is 1.63. The second kappa shape index (κ2) is 6.66. The van der Waals surface area contributed by atoms with Crippen LogP contribution < -0.4 is 0 Å². The molecule has 0 aliphatic heterocycles. The predicted octanol–water partition coefficient (Wildman–Crippen LogP) is 7.28. The van der Waals surface area contributed by atoms with Gasteiger partial charge in [-0.1, -0.05) is 66.5 Å². The molecule has 0 heterocycles. The minimum absolute atomic E-state index is 0.00881. The van der Waals surface area contributed by atoms with Crippen molar-refractivity contribution in [1.82, 2.24) is 0 Å². The molecule has 4 fully saturated rings. The standard InChI is InChI=1S/C30H50O2/c1-25(2)15-16-27(5)18-24(32)30(8)19(20(27)17-25)9-10-22-28(6)13-12-23(31)26(3,4)21(28)11-14-29(22,30)7/h21-24,31-32H,9-18H2,1-8H3. The highest BCUT2D eigenvalue weighted by Gasteiger charge is 2.69. The lowest BCUT2D eigenvalue weighted by atomic mass is 9.33. The Morgan fingerprint density at radius 2 is 1.38 bits per heavy atom. The largest absolute Gasteiger partial charge is 0.393 e. The second-order valence-electron chi connectivity index (χ2n) is 15.3. The van der Waals surface area contributed by atoms with E-state index in [9.17, 15) is 10.2 Å². The van der Waals surface area contributed by atoms with Crippen LogP contribution in [0.1, 0.15) is 120 Å². The van der Waals surface area contributed by atoms with Gasteiger partial charge in [0.2, 0.25) is 0 Å². The highest BCUT2D eigenvalue weighted by atomic mass is 16.3. The Morgan fingerprint density at radius 1 is 0.688 bits per heavy atom. The van der Waals surface area contributed by atoms with Gasteiger partial charge in [-0.15, -0.1) is 0 Å². The Morgan fingerprint density at radius 3 is 2.06 bits per heavy atom. The van der Waals surface area contributed by atoms with E-state index in [0.29, 0.717) is 17.3 Å². The topological polar surface area (TPSA) is 40.5 Å². The zero-order valence-corrected chi connectivity index (χ0v) is 22.3. The molecule has 32 heavy (non-hydrogen) atoms. The molecule has 5 rings (SSSR count). The van der Waals surface area contributed by atoms with Gasteiger partial charge in [0.05, 0.1) is 12.2 Å². The molecule has 0 aromatic rings. The van der Waals surface area contributed by atoms with Gasteiger partial charge in [0.25, 0.3) is 0 Å². The first-order chi connectivity index (χ1) is 14.6. The van der Waals surface area contributed by atoms with Gasteiger partial charge in [-0.2, -0.15) is 0 Å². The maximum atomic E-state index is 12.0. The number of aliphatic hydroxyl groups is 2. The van der Waals surface area contributed by atoms with E-state index in [1.165, 1.54) is 44.9 Å². The molecule has 2 N–H and O–H groups in total. The molecular weight excluding hydrogens is 392 g/mol. The molecular formula is C30H50O2. The lowest BCUT2D eigenvalue weighted by Gasteiger charge is -2.71. The van der Waals surface area contributed by atoms with Crippen LogP contribution in [0, 0.1) is 44.3 Å². The molecule has 4 saturated carbocycles. The molecule has 5 aliphatic rings. The van der Waals surface area contributed by atoms with Gasteiger partial charge in [0, 0.05) is 5.41 Å². The van der Waals surface area contributed by atoms with E-state index in [2.05, 4.69) is 55.4 Å². The van der Waals surface area contributed by atoms with Crippen LogP contribution in [-0.4, -0.2) is 22.4 Å². The molecule has 0 saturated heterocycles. The number of allylic oxidation sites excluding steroid dienone is 1. The fraction of sp³-hybridized carbons (Fsp3) is 0.933. The van der Waals surface area contributed by atoms with Crippen molar-refractivity contribution in [3.63, 3.8) is 0 Å². The predicted molar refractivity (Wildman–Crippen MR) is 132 cm³/mol. The number of hydrogen-bond acceptors (Lipinski definition) is 2. The lowest BCUT2D eigenvalue weighted by Crippen LogP contribution is -2.66. The summed E-state index contributed by atoms with van der Waals surface area (Å²) in [5.74, 6) is 1.21. The van der Waals surface area contributed by atoms with Crippen molar-refractivity contribution in [3.8, 4) is 0 Å². The molecule has 5 aliphatic carbocycles. The zero-order valence-electron chi connectivity index (χ0n) is 22.3. The summed E-state index contributed by atoms with van der Waals surface area (Å²) in [7, 11) is 0. The van der Waals surface area contributed by atoms with Crippen LogP contribution in [0.4, 0.5) is 0 Å². The number of fused-ring (bicyclic) bond motifs is 6. The van der Waals surface area contributed by atoms with Crippen LogP contribution in [-0.2, 0) is 0 Å². The molecule has 182 valence electrons. The quantitative estimate of drug-likeness (QED) is 0.387. The lowest BCUT2D eigenvalue weighted by molar-refractivity contribution is -0.221. The van der Waals surface area contributed by atoms with Gasteiger partial charge in [-0.05, 0) is 103 Å². The van der Waals surface area contributed by atoms with Gasteiger partial charge < -0.3 is 10.2 Å². The molecule has 0 amide bonds. The molecule has 8 atom stereocenters. The van der Waals surface area contributed by atoms with Crippen LogP contribution in [0.5, 0.6) is 0 Å². The summed E-state index contributed by atoms with van der Waals surface area (Å²) >= 11 is 0. The minimum atomic E-state index is -0.234. The fourth-order valence-electron chi connectivity index (χ4n) is 10.6. The number of rotatable bonds is 0. The van der Waals surface area contributed by atoms with Crippen molar-refractivity contribution in [2.24, 2.45) is 44.3 Å². The van der Waals surface area contributed by atoms with Crippen molar-refractivity contribution < 1.29 is 10.2 Å². The first-order valence-electron chi connectivity index (χ1n) is 13.7. The average Bonchev–Trinajstić information content (AvgIpc) is 2.68. The molecule has 0 bridgehead atoms. The summed E-state index contributed by atoms with van der Waals surface area (Å²) in [6.45, 7) is 19.6. The number of aliphatic hydroxyl groups excluding tert-OH is 2. The van der Waals surface area contributed by atoms with Crippen LogP contribution >= 0.6 is 0 Å². The molecule has 2 nitrogen and oxygen atoms in total. The van der Waals surface area contributed by atoms with Gasteiger partial charge in [0.15, 0.2) is 0 Å². The smallest absolute Gasteiger partial charge is 0.0644 e. The van der Waals surface area contributed by atoms with Crippen LogP contribution in [0.15, 0.2) is 11.1 Å². The highest BCUT2D eigenvalue weighted by Crippen LogP contribution is 2.75. The summed E-state index contributed by atoms with van der Waals surface area (Å²) in [5.41, 5.74) is 4.29. The summed E-state index contributed by atoms with van der Waals surface area (Å²) in [6.07, 6.45) is 11.2. The third kappa shape index (κ3) is 2.72. The van der Waals surface area contributed by atoms with Crippen LogP contribution in [0.3, 0.4) is 0 Å². The molecule has 2 heteroatoms. The maximum Gasteiger partial charge on any atom is 0.0644 e. The van der Waals surface area contributed by atoms with Gasteiger partial charge in [-0.25, -0.2) is 0 Å². The molecule has 0 radical (unpaired) electrons. The zero-order chi connectivity index (χ0) is 23.5. The molecule has 0 aromatic heterocycles. The number of hydrogen-bond donors (Lipinski definition) is 2. The Hall–Kier alpha value is -0.340. The Kier molecular flexibility index (Phi) is 4.87. The third-order valence-electron chi connectivity index (χ3n) is 12.9. The minimum Gasteiger partial charge on any atom is -0.393 e. The average molecular weight is 443 g/mol. The molecule has 0 aromatic carbocycles. The van der Waals surface area contributed by atoms with E-state index in [0.717, 1.165) is 19.3 Å². The van der Waals surface area contributed by atoms with E-state index in [1.54, 1.807) is 11.1 Å². The van der Waals surface area contributed by atoms with Gasteiger partial charge in [0.1, 0.15) is 0 Å². The highest BCUT2D eigenvalue weighted by molar-refractivity contribution is 5.39. The summed E-state index contributed by atoms with van der Waals surface area (Å²) < 4.78 is 0. The molecule has 0 spiro atoms. The van der Waals surface area contributed by atoms with E-state index in [4.69, 9.17) is 0 Å². The summed E-state index contributed by atoms with van der Waals surface area (Å²) in [6, 6.07) is 0. The SMILES string of the molecule is CC1(C)CCC2(C)CC(O)C3(C)C(=C2C1)CCC1C2(C)CCC(O)C(C)(C)C2CCC13C. The Labute approximate surface area is 197 Å². The van der Waals surface area contributed by atoms with Crippen molar-refractivity contribution in [1.29, 1.82) is 0 Å². The van der Waals surface area contributed by atoms with Crippen molar-refractivity contribution in [3.05, 3.63) is 11.1 Å². The summed E-state index contributed by atoms with van der Waals surface area (Å²) in [5, 5.41) is 22.8. The van der Waals surface area contributed by atoms with E-state index < -0.39 is 0 Å². The van der Waals surface area contributed by atoms with E-state index >= 15 is 0 Å². The van der Waals surface area contributed by atoms with Crippen molar-refractivity contribution in [2.45, 2.75) is 132 Å². The third-order valence-corrected chi connectivity index (χ3v) is 12.9. The maximum absolute atomic E-state index is 12.0. The Bertz CT molecular complexity index is 838. The van der Waals surface area contributed by atoms with E-state index in [1.807, 2.05) is 0 Å². The van der Waals surface area contributed by atoms with Crippen LogP contribution in [0.25, 0.3) is 0 Å². The van der Waals surface area contributed by atoms with Crippen molar-refractivity contribution in [2.75, 3.05) is 0 Å². The first-order valence-corrected chi connectivity index (χ1v) is 13.7. The van der Waals surface area contributed by atoms with Crippen LogP contribution in [0.2, 0.25) is 0 Å². The fourth-order valence-corrected chi connectivity index (χ4v) is 10.6. The monoisotopic (exact) mass is 442 g/mol. The summed E-state index contributed by atoms with van der Waals surface area (Å²) in [4.78, 5) is 0. The normalized spacial score (nSPS) is 54.2.